The summed E-state index contributed by atoms with van der Waals surface area (Å²) in [5.74, 6) is 0.747. The third-order valence-electron chi connectivity index (χ3n) is 2.45. The van der Waals surface area contributed by atoms with Gasteiger partial charge in [-0.1, -0.05) is 0 Å². The molecule has 1 rings (SSSR count). The Morgan fingerprint density at radius 3 is 3.00 bits per heavy atom. The first kappa shape index (κ1) is 14.6. The topological polar surface area (TPSA) is 56.1 Å². The summed E-state index contributed by atoms with van der Waals surface area (Å²) in [6, 6.07) is 0.284. The van der Waals surface area contributed by atoms with E-state index in [1.54, 1.807) is 17.9 Å². The minimum Gasteiger partial charge on any atom is -0.383 e. The zero-order valence-corrected chi connectivity index (χ0v) is 12.5. The molecule has 6 heteroatoms. The standard InChI is InChI=1S/C11H18IN3O2/c1-8(7-17-3)13-4-5-15-9(2)14-6-10(12)11(15)16/h6,8,13H,4-5,7H2,1-3H3. The van der Waals surface area contributed by atoms with Crippen LogP contribution in [0, 0.1) is 10.5 Å². The van der Waals surface area contributed by atoms with Crippen LogP contribution < -0.4 is 10.9 Å². The van der Waals surface area contributed by atoms with E-state index in [1.807, 2.05) is 36.4 Å². The Morgan fingerprint density at radius 2 is 2.35 bits per heavy atom. The van der Waals surface area contributed by atoms with Gasteiger partial charge in [-0.25, -0.2) is 4.98 Å². The fourth-order valence-corrected chi connectivity index (χ4v) is 1.98. The van der Waals surface area contributed by atoms with Crippen LogP contribution in [0.1, 0.15) is 12.7 Å². The lowest BCUT2D eigenvalue weighted by Gasteiger charge is -2.14. The monoisotopic (exact) mass is 351 g/mol. The number of hydrogen-bond donors (Lipinski definition) is 1. The van der Waals surface area contributed by atoms with Crippen LogP contribution in [0.4, 0.5) is 0 Å². The summed E-state index contributed by atoms with van der Waals surface area (Å²) in [6.07, 6.45) is 1.61. The lowest BCUT2D eigenvalue weighted by atomic mass is 10.3. The minimum absolute atomic E-state index is 0.0271. The number of methoxy groups -OCH3 is 1. The highest BCUT2D eigenvalue weighted by molar-refractivity contribution is 14.1. The molecule has 0 aliphatic rings. The van der Waals surface area contributed by atoms with E-state index in [0.717, 1.165) is 12.4 Å². The fraction of sp³-hybridized carbons (Fsp3) is 0.636. The van der Waals surface area contributed by atoms with Gasteiger partial charge in [0.15, 0.2) is 0 Å². The largest absolute Gasteiger partial charge is 0.383 e. The van der Waals surface area contributed by atoms with Gasteiger partial charge in [-0.15, -0.1) is 0 Å². The molecule has 0 aliphatic carbocycles. The molecule has 0 spiro atoms. The molecule has 1 atom stereocenters. The molecule has 0 aromatic carbocycles. The van der Waals surface area contributed by atoms with E-state index < -0.39 is 0 Å². The van der Waals surface area contributed by atoms with Crippen molar-refractivity contribution >= 4 is 22.6 Å². The molecule has 0 saturated heterocycles. The maximum absolute atomic E-state index is 11.9. The molecular formula is C11H18IN3O2. The van der Waals surface area contributed by atoms with E-state index in [2.05, 4.69) is 10.3 Å². The molecule has 0 amide bonds. The van der Waals surface area contributed by atoms with Crippen molar-refractivity contribution in [1.82, 2.24) is 14.9 Å². The Morgan fingerprint density at radius 1 is 1.65 bits per heavy atom. The lowest BCUT2D eigenvalue weighted by molar-refractivity contribution is 0.172. The third-order valence-corrected chi connectivity index (χ3v) is 3.19. The van der Waals surface area contributed by atoms with Crippen LogP contribution in [0.2, 0.25) is 0 Å². The van der Waals surface area contributed by atoms with Crippen molar-refractivity contribution in [1.29, 1.82) is 0 Å². The minimum atomic E-state index is 0.0271. The van der Waals surface area contributed by atoms with E-state index in [4.69, 9.17) is 4.74 Å². The van der Waals surface area contributed by atoms with E-state index in [0.29, 0.717) is 16.7 Å². The number of hydrogen-bond acceptors (Lipinski definition) is 4. The fourth-order valence-electron chi connectivity index (χ4n) is 1.55. The van der Waals surface area contributed by atoms with Crippen molar-refractivity contribution in [3.8, 4) is 0 Å². The quantitative estimate of drug-likeness (QED) is 0.770. The van der Waals surface area contributed by atoms with Crippen molar-refractivity contribution in [3.05, 3.63) is 25.9 Å². The highest BCUT2D eigenvalue weighted by atomic mass is 127. The summed E-state index contributed by atoms with van der Waals surface area (Å²) < 4.78 is 7.37. The van der Waals surface area contributed by atoms with Gasteiger partial charge < -0.3 is 10.1 Å². The van der Waals surface area contributed by atoms with Gasteiger partial charge in [-0.2, -0.15) is 0 Å². The van der Waals surface area contributed by atoms with E-state index in [-0.39, 0.29) is 11.6 Å². The molecule has 0 fully saturated rings. The molecular weight excluding hydrogens is 333 g/mol. The molecule has 0 saturated carbocycles. The molecule has 0 bridgehead atoms. The van der Waals surface area contributed by atoms with Crippen molar-refractivity contribution in [2.75, 3.05) is 20.3 Å². The summed E-state index contributed by atoms with van der Waals surface area (Å²) in [5, 5.41) is 3.29. The van der Waals surface area contributed by atoms with Gasteiger partial charge >= 0.3 is 0 Å². The Kier molecular flexibility index (Phi) is 6.07. The van der Waals surface area contributed by atoms with Gasteiger partial charge in [-0.3, -0.25) is 9.36 Å². The number of aromatic nitrogens is 2. The van der Waals surface area contributed by atoms with Crippen LogP contribution in [0.5, 0.6) is 0 Å². The van der Waals surface area contributed by atoms with Crippen molar-refractivity contribution < 1.29 is 4.74 Å². The zero-order valence-electron chi connectivity index (χ0n) is 10.4. The first-order chi connectivity index (χ1) is 8.06. The summed E-state index contributed by atoms with van der Waals surface area (Å²) in [5.41, 5.74) is 0.0271. The first-order valence-corrected chi connectivity index (χ1v) is 6.58. The summed E-state index contributed by atoms with van der Waals surface area (Å²) in [6.45, 7) is 5.91. The molecule has 0 radical (unpaired) electrons. The molecule has 1 N–H and O–H groups in total. The van der Waals surface area contributed by atoms with Crippen LogP contribution in [-0.2, 0) is 11.3 Å². The van der Waals surface area contributed by atoms with Gasteiger partial charge in [0.25, 0.3) is 5.56 Å². The molecule has 0 aliphatic heterocycles. The van der Waals surface area contributed by atoms with E-state index in [1.165, 1.54) is 0 Å². The Balaban J connectivity index is 2.58. The Hall–Kier alpha value is -0.470. The van der Waals surface area contributed by atoms with Gasteiger partial charge in [0, 0.05) is 32.4 Å². The smallest absolute Gasteiger partial charge is 0.266 e. The highest BCUT2D eigenvalue weighted by Gasteiger charge is 2.05. The summed E-state index contributed by atoms with van der Waals surface area (Å²) in [7, 11) is 1.68. The summed E-state index contributed by atoms with van der Waals surface area (Å²) in [4.78, 5) is 16.0. The highest BCUT2D eigenvalue weighted by Crippen LogP contribution is 1.97. The molecule has 1 aromatic rings. The average Bonchev–Trinajstić information content (AvgIpc) is 2.29. The van der Waals surface area contributed by atoms with E-state index >= 15 is 0 Å². The number of halogens is 1. The van der Waals surface area contributed by atoms with E-state index in [9.17, 15) is 4.79 Å². The van der Waals surface area contributed by atoms with Crippen molar-refractivity contribution in [2.45, 2.75) is 26.4 Å². The molecule has 5 nitrogen and oxygen atoms in total. The number of ether oxygens (including phenoxy) is 1. The second-order valence-electron chi connectivity index (χ2n) is 3.92. The van der Waals surface area contributed by atoms with Gasteiger partial charge in [0.1, 0.15) is 5.82 Å². The maximum atomic E-state index is 11.9. The van der Waals surface area contributed by atoms with Gasteiger partial charge in [0.2, 0.25) is 0 Å². The predicted molar refractivity (Wildman–Crippen MR) is 75.3 cm³/mol. The van der Waals surface area contributed by atoms with Crippen molar-refractivity contribution in [2.24, 2.45) is 0 Å². The maximum Gasteiger partial charge on any atom is 0.266 e. The molecule has 1 heterocycles. The van der Waals surface area contributed by atoms with Crippen LogP contribution in [-0.4, -0.2) is 35.9 Å². The number of aryl methyl sites for hydroxylation is 1. The Bertz CT molecular complexity index is 420. The van der Waals surface area contributed by atoms with Crippen LogP contribution >= 0.6 is 22.6 Å². The van der Waals surface area contributed by atoms with Crippen molar-refractivity contribution in [3.63, 3.8) is 0 Å². The number of rotatable bonds is 6. The second-order valence-corrected chi connectivity index (χ2v) is 5.08. The summed E-state index contributed by atoms with van der Waals surface area (Å²) >= 11 is 2.01. The second kappa shape index (κ2) is 7.07. The third kappa shape index (κ3) is 4.36. The lowest BCUT2D eigenvalue weighted by Crippen LogP contribution is -2.36. The molecule has 17 heavy (non-hydrogen) atoms. The normalized spacial score (nSPS) is 12.7. The van der Waals surface area contributed by atoms with Crippen LogP contribution in [0.3, 0.4) is 0 Å². The molecule has 96 valence electrons. The Labute approximate surface area is 115 Å². The predicted octanol–water partition coefficient (Wildman–Crippen LogP) is 0.781. The molecule has 1 unspecified atom stereocenters. The van der Waals surface area contributed by atoms with Gasteiger partial charge in [-0.05, 0) is 36.4 Å². The average molecular weight is 351 g/mol. The van der Waals surface area contributed by atoms with Gasteiger partial charge in [0.05, 0.1) is 10.2 Å². The van der Waals surface area contributed by atoms with Crippen LogP contribution in [0.25, 0.3) is 0 Å². The van der Waals surface area contributed by atoms with Crippen LogP contribution in [0.15, 0.2) is 11.0 Å². The number of nitrogens with one attached hydrogen (secondary N) is 1. The zero-order chi connectivity index (χ0) is 12.8. The SMILES string of the molecule is COCC(C)NCCn1c(C)ncc(I)c1=O. The first-order valence-electron chi connectivity index (χ1n) is 5.50. The molecule has 1 aromatic heterocycles. The number of nitrogens with zero attached hydrogens (tertiary/aromatic N) is 2.